The molecule has 1 aliphatic rings. The number of hydrogen-bond acceptors (Lipinski definition) is 2. The minimum absolute atomic E-state index is 0.195. The van der Waals surface area contributed by atoms with E-state index in [1.807, 2.05) is 31.3 Å². The molecule has 1 amide bonds. The topological polar surface area (TPSA) is 46.3 Å². The van der Waals surface area contributed by atoms with E-state index in [-0.39, 0.29) is 17.2 Å². The van der Waals surface area contributed by atoms with E-state index < -0.39 is 0 Å². The molecular weight excluding hydrogens is 212 g/mol. The zero-order chi connectivity index (χ0) is 12.6. The number of carbonyl (C=O) groups is 1. The van der Waals surface area contributed by atoms with Crippen LogP contribution in [-0.4, -0.2) is 17.9 Å². The molecule has 0 radical (unpaired) electrons. The number of anilines is 1. The summed E-state index contributed by atoms with van der Waals surface area (Å²) in [5.41, 5.74) is 7.75. The van der Waals surface area contributed by atoms with Crippen LogP contribution in [0.3, 0.4) is 0 Å². The molecule has 2 rings (SSSR count). The van der Waals surface area contributed by atoms with Crippen molar-refractivity contribution in [3.63, 3.8) is 0 Å². The van der Waals surface area contributed by atoms with Crippen LogP contribution in [0.1, 0.15) is 25.8 Å². The Morgan fingerprint density at radius 3 is 2.71 bits per heavy atom. The van der Waals surface area contributed by atoms with Crippen molar-refractivity contribution in [3.8, 4) is 0 Å². The summed E-state index contributed by atoms with van der Waals surface area (Å²) >= 11 is 0. The molecule has 1 aromatic rings. The Morgan fingerprint density at radius 1 is 1.53 bits per heavy atom. The Hall–Kier alpha value is -1.51. The van der Waals surface area contributed by atoms with Crippen molar-refractivity contribution >= 4 is 11.6 Å². The maximum absolute atomic E-state index is 12.1. The first-order valence-corrected chi connectivity index (χ1v) is 5.99. The lowest BCUT2D eigenvalue weighted by atomic mass is 10.1. The lowest BCUT2D eigenvalue weighted by Crippen LogP contribution is -2.28. The summed E-state index contributed by atoms with van der Waals surface area (Å²) in [7, 11) is 1.86. The molecule has 3 nitrogen and oxygen atoms in total. The number of hydrogen-bond donors (Lipinski definition) is 1. The molecule has 1 unspecified atom stereocenters. The van der Waals surface area contributed by atoms with E-state index in [2.05, 4.69) is 13.8 Å². The highest BCUT2D eigenvalue weighted by Gasteiger charge is 2.51. The van der Waals surface area contributed by atoms with E-state index in [0.29, 0.717) is 6.54 Å². The van der Waals surface area contributed by atoms with Gasteiger partial charge in [-0.2, -0.15) is 0 Å². The smallest absolute Gasteiger partial charge is 0.226 e. The molecule has 0 aromatic heterocycles. The monoisotopic (exact) mass is 232 g/mol. The second kappa shape index (κ2) is 4.06. The van der Waals surface area contributed by atoms with E-state index in [0.717, 1.165) is 17.7 Å². The zero-order valence-corrected chi connectivity index (χ0v) is 10.7. The number of nitrogens with two attached hydrogens (primary N) is 1. The molecule has 3 heteroatoms. The Labute approximate surface area is 103 Å². The van der Waals surface area contributed by atoms with Crippen molar-refractivity contribution in [2.24, 2.45) is 11.3 Å². The van der Waals surface area contributed by atoms with Crippen molar-refractivity contribution in [3.05, 3.63) is 29.8 Å². The molecular formula is C14H20N2O. The fraction of sp³-hybridized carbons (Fsp3) is 0.500. The third-order valence-corrected chi connectivity index (χ3v) is 3.56. The first kappa shape index (κ1) is 12.0. The van der Waals surface area contributed by atoms with Crippen LogP contribution in [0.4, 0.5) is 5.69 Å². The lowest BCUT2D eigenvalue weighted by molar-refractivity contribution is -0.132. The molecule has 0 spiro atoms. The third-order valence-electron chi connectivity index (χ3n) is 3.56. The molecule has 1 aliphatic carbocycles. The number of benzene rings is 1. The molecule has 92 valence electrons. The van der Waals surface area contributed by atoms with Gasteiger partial charge >= 0.3 is 0 Å². The summed E-state index contributed by atoms with van der Waals surface area (Å²) in [4.78, 5) is 13.9. The summed E-state index contributed by atoms with van der Waals surface area (Å²) in [5, 5.41) is 0. The van der Waals surface area contributed by atoms with Gasteiger partial charge in [-0.05, 0) is 29.5 Å². The molecule has 2 N–H and O–H groups in total. The first-order chi connectivity index (χ1) is 7.90. The molecule has 0 aliphatic heterocycles. The van der Waals surface area contributed by atoms with Gasteiger partial charge in [-0.15, -0.1) is 0 Å². The Bertz CT molecular complexity index is 440. The van der Waals surface area contributed by atoms with Crippen molar-refractivity contribution in [2.45, 2.75) is 26.8 Å². The van der Waals surface area contributed by atoms with Gasteiger partial charge in [-0.25, -0.2) is 0 Å². The molecule has 0 heterocycles. The predicted molar refractivity (Wildman–Crippen MR) is 69.2 cm³/mol. The molecule has 17 heavy (non-hydrogen) atoms. The van der Waals surface area contributed by atoms with Gasteiger partial charge in [0, 0.05) is 25.2 Å². The Morgan fingerprint density at radius 2 is 2.18 bits per heavy atom. The minimum Gasteiger partial charge on any atom is -0.399 e. The standard InChI is InChI=1S/C14H20N2O/c1-14(2)8-12(14)13(17)16(3)9-10-5-4-6-11(15)7-10/h4-7,12H,8-9,15H2,1-3H3. The van der Waals surface area contributed by atoms with E-state index in [1.54, 1.807) is 4.90 Å². The van der Waals surface area contributed by atoms with Gasteiger partial charge in [0.25, 0.3) is 0 Å². The fourth-order valence-corrected chi connectivity index (χ4v) is 2.20. The number of nitrogen functional groups attached to an aromatic ring is 1. The summed E-state index contributed by atoms with van der Waals surface area (Å²) in [6.45, 7) is 4.92. The van der Waals surface area contributed by atoms with Crippen LogP contribution in [0.15, 0.2) is 24.3 Å². The second-order valence-corrected chi connectivity index (χ2v) is 5.68. The normalized spacial score (nSPS) is 21.0. The quantitative estimate of drug-likeness (QED) is 0.813. The van der Waals surface area contributed by atoms with Gasteiger partial charge in [0.15, 0.2) is 0 Å². The highest BCUT2D eigenvalue weighted by Crippen LogP contribution is 2.52. The molecule has 0 saturated heterocycles. The highest BCUT2D eigenvalue weighted by molar-refractivity contribution is 5.82. The Balaban J connectivity index is 1.98. The number of rotatable bonds is 3. The maximum Gasteiger partial charge on any atom is 0.226 e. The van der Waals surface area contributed by atoms with Gasteiger partial charge in [-0.1, -0.05) is 26.0 Å². The number of nitrogens with zero attached hydrogens (tertiary/aromatic N) is 1. The van der Waals surface area contributed by atoms with Gasteiger partial charge < -0.3 is 10.6 Å². The summed E-state index contributed by atoms with van der Waals surface area (Å²) < 4.78 is 0. The van der Waals surface area contributed by atoms with Crippen LogP contribution >= 0.6 is 0 Å². The minimum atomic E-state index is 0.195. The average Bonchev–Trinajstić information content (AvgIpc) is 2.86. The number of amides is 1. The predicted octanol–water partition coefficient (Wildman–Crippen LogP) is 2.27. The van der Waals surface area contributed by atoms with Gasteiger partial charge in [0.2, 0.25) is 5.91 Å². The maximum atomic E-state index is 12.1. The highest BCUT2D eigenvalue weighted by atomic mass is 16.2. The fourth-order valence-electron chi connectivity index (χ4n) is 2.20. The average molecular weight is 232 g/mol. The summed E-state index contributed by atoms with van der Waals surface area (Å²) in [6.07, 6.45) is 1.01. The Kier molecular flexibility index (Phi) is 2.86. The van der Waals surface area contributed by atoms with Crippen LogP contribution in [0.25, 0.3) is 0 Å². The van der Waals surface area contributed by atoms with Crippen molar-refractivity contribution < 1.29 is 4.79 Å². The van der Waals surface area contributed by atoms with E-state index in [9.17, 15) is 4.79 Å². The number of carbonyl (C=O) groups excluding carboxylic acids is 1. The van der Waals surface area contributed by atoms with Gasteiger partial charge in [0.05, 0.1) is 0 Å². The third kappa shape index (κ3) is 2.60. The van der Waals surface area contributed by atoms with E-state index >= 15 is 0 Å². The zero-order valence-electron chi connectivity index (χ0n) is 10.7. The van der Waals surface area contributed by atoms with Gasteiger partial charge in [0.1, 0.15) is 0 Å². The first-order valence-electron chi connectivity index (χ1n) is 5.99. The van der Waals surface area contributed by atoms with Crippen molar-refractivity contribution in [2.75, 3.05) is 12.8 Å². The van der Waals surface area contributed by atoms with Crippen LogP contribution in [0.5, 0.6) is 0 Å². The SMILES string of the molecule is CN(Cc1cccc(N)c1)C(=O)C1CC1(C)C. The van der Waals surface area contributed by atoms with E-state index in [4.69, 9.17) is 5.73 Å². The molecule has 1 aromatic carbocycles. The molecule has 0 bridgehead atoms. The molecule has 1 fully saturated rings. The van der Waals surface area contributed by atoms with Crippen molar-refractivity contribution in [1.82, 2.24) is 4.90 Å². The summed E-state index contributed by atoms with van der Waals surface area (Å²) in [5.74, 6) is 0.450. The second-order valence-electron chi connectivity index (χ2n) is 5.68. The van der Waals surface area contributed by atoms with Gasteiger partial charge in [-0.3, -0.25) is 4.79 Å². The van der Waals surface area contributed by atoms with Crippen LogP contribution in [0, 0.1) is 11.3 Å². The molecule has 1 atom stereocenters. The molecule has 1 saturated carbocycles. The largest absolute Gasteiger partial charge is 0.399 e. The van der Waals surface area contributed by atoms with E-state index in [1.165, 1.54) is 0 Å². The lowest BCUT2D eigenvalue weighted by Gasteiger charge is -2.18. The van der Waals surface area contributed by atoms with Crippen LogP contribution in [0.2, 0.25) is 0 Å². The summed E-state index contributed by atoms with van der Waals surface area (Å²) in [6, 6.07) is 7.69. The van der Waals surface area contributed by atoms with Crippen LogP contribution in [-0.2, 0) is 11.3 Å². The van der Waals surface area contributed by atoms with Crippen LogP contribution < -0.4 is 5.73 Å². The van der Waals surface area contributed by atoms with Crippen molar-refractivity contribution in [1.29, 1.82) is 0 Å².